The monoisotopic (exact) mass is 1530 g/mol. The Kier molecular flexibility index (Phi) is 32.2. The summed E-state index contributed by atoms with van der Waals surface area (Å²) in [5, 5.41) is 9.76. The van der Waals surface area contributed by atoms with Gasteiger partial charge in [-0.05, 0) is 164 Å². The van der Waals surface area contributed by atoms with Gasteiger partial charge < -0.3 is 80.0 Å². The molecule has 0 radical (unpaired) electrons. The van der Waals surface area contributed by atoms with Crippen molar-refractivity contribution in [3.63, 3.8) is 0 Å². The van der Waals surface area contributed by atoms with Crippen LogP contribution in [-0.2, 0) is 69.8 Å². The number of ether oxygens (including phenoxy) is 13. The van der Waals surface area contributed by atoms with E-state index in [0.717, 1.165) is 11.8 Å². The number of allylic oxidation sites excluding steroid dienone is 4. The van der Waals surface area contributed by atoms with Gasteiger partial charge in [-0.1, -0.05) is 65.5 Å². The van der Waals surface area contributed by atoms with Crippen LogP contribution < -0.4 is 29.8 Å². The lowest BCUT2D eigenvalue weighted by Crippen LogP contribution is -2.50. The third kappa shape index (κ3) is 22.7. The lowest BCUT2D eigenvalue weighted by Gasteiger charge is -2.39. The molecule has 6 aromatic rings. The summed E-state index contributed by atoms with van der Waals surface area (Å²) >= 11 is 0. The van der Waals surface area contributed by atoms with Crippen LogP contribution in [0.1, 0.15) is 193 Å². The normalized spacial score (nSPS) is 16.4. The Bertz CT molecular complexity index is 4410. The van der Waals surface area contributed by atoms with Crippen molar-refractivity contribution in [3.05, 3.63) is 148 Å². The lowest BCUT2D eigenvalue weighted by atomic mass is 9.86. The van der Waals surface area contributed by atoms with E-state index >= 15 is 0 Å². The van der Waals surface area contributed by atoms with Gasteiger partial charge in [-0.15, -0.1) is 0 Å². The number of ketones is 2. The van der Waals surface area contributed by atoms with Crippen molar-refractivity contribution in [1.29, 1.82) is 0 Å². The molecule has 2 aliphatic heterocycles. The average molecular weight is 1530 g/mol. The smallest absolute Gasteiger partial charge is 0.339 e. The minimum Gasteiger partial charge on any atom is -0.478 e. The lowest BCUT2D eigenvalue weighted by molar-refractivity contribution is -0.929. The zero-order valence-electron chi connectivity index (χ0n) is 65.6. The second-order valence-corrected chi connectivity index (χ2v) is 29.6. The van der Waals surface area contributed by atoms with E-state index in [-0.39, 0.29) is 120 Å². The second-order valence-electron chi connectivity index (χ2n) is 28.0. The predicted molar refractivity (Wildman–Crippen MR) is 406 cm³/mol. The fourth-order valence-electron chi connectivity index (χ4n) is 13.0. The van der Waals surface area contributed by atoms with Crippen LogP contribution in [0.5, 0.6) is 23.0 Å². The van der Waals surface area contributed by atoms with Crippen LogP contribution in [0.15, 0.2) is 79.5 Å². The highest BCUT2D eigenvalue weighted by molar-refractivity contribution is 7.86. The van der Waals surface area contributed by atoms with Crippen LogP contribution >= 0.6 is 0 Å². The van der Waals surface area contributed by atoms with Gasteiger partial charge in [-0.25, -0.2) is 9.59 Å². The number of esters is 1. The van der Waals surface area contributed by atoms with Gasteiger partial charge in [-0.2, -0.15) is 8.42 Å². The number of carboxylic acids is 1. The predicted octanol–water partition coefficient (Wildman–Crippen LogP) is 13.5. The summed E-state index contributed by atoms with van der Waals surface area (Å²) in [7, 11) is 2.54. The first-order chi connectivity index (χ1) is 51.3. The molecule has 2 aliphatic carbocycles. The average Bonchev–Trinajstić information content (AvgIpc) is 0.827. The number of rotatable bonds is 33. The Hall–Kier alpha value is -8.19. The van der Waals surface area contributed by atoms with Gasteiger partial charge in [0.2, 0.25) is 10.9 Å². The molecule has 0 saturated carbocycles. The number of Topliss-reactive ketones (excluding diaryl/α,β-unsaturated/α-hetero) is 2. The van der Waals surface area contributed by atoms with Gasteiger partial charge in [0, 0.05) is 50.7 Å². The molecule has 108 heavy (non-hydrogen) atoms. The maximum atomic E-state index is 14.0. The standard InChI is InChI=1S/C32H34O11.C26H24O9.C16H36N.C7H14O5S/c1-17-9-26-28(27(18(17)2)31(35)39-12-20-13-42-32(3,4)43-20)30(34)23(14-38-26)21-8-7-19-10-24(40-15-36-5)25(41-16-37-6)11-22(19)29(21)33;1-13-7-21-23(22(14(13)2)26(29)30)25(28)18(10-33-21)16-6-5-15-8-19(34-11-31-3)20(35-12-32-4)9-17(15)24(16)27;1-5-9-13-17(14-10-6-2,15-11-7-3)16-12-8-4;1-7(2)10-4-6(12-7)5-11-13(3,8)9/h8-11,14,20H,7,12-13,15-16H2,1-6H3;6-10H,5,11-12H2,1-4H3,(H,29,30);5-16H2,1-4H3;6H,4-5H2,1-3H3/q;;+1;. The molecule has 4 aliphatic rings. The summed E-state index contributed by atoms with van der Waals surface area (Å²) in [5.74, 6) is -2.81. The highest BCUT2D eigenvalue weighted by Gasteiger charge is 2.37. The maximum Gasteiger partial charge on any atom is 0.339 e. The highest BCUT2D eigenvalue weighted by Crippen LogP contribution is 2.40. The molecule has 2 fully saturated rings. The van der Waals surface area contributed by atoms with Crippen molar-refractivity contribution >= 4 is 66.7 Å². The molecule has 0 amide bonds. The van der Waals surface area contributed by atoms with Gasteiger partial charge in [0.25, 0.3) is 10.1 Å². The first-order valence-electron chi connectivity index (χ1n) is 36.5. The van der Waals surface area contributed by atoms with Crippen molar-refractivity contribution < 1.29 is 112 Å². The molecule has 592 valence electrons. The number of hydrogen-bond donors (Lipinski definition) is 1. The van der Waals surface area contributed by atoms with Gasteiger partial charge in [0.1, 0.15) is 42.5 Å². The number of unbranched alkanes of at least 4 members (excludes halogenated alkanes) is 4. The molecule has 4 heterocycles. The Morgan fingerprint density at radius 1 is 0.528 bits per heavy atom. The summed E-state index contributed by atoms with van der Waals surface area (Å²) in [6.07, 6.45) is 17.8. The van der Waals surface area contributed by atoms with Gasteiger partial charge in [0.05, 0.1) is 85.3 Å². The van der Waals surface area contributed by atoms with E-state index in [9.17, 15) is 42.3 Å². The number of aromatic carboxylic acids is 1. The minimum atomic E-state index is -3.38. The molecule has 2 atom stereocenters. The minimum absolute atomic E-state index is 0.00188. The van der Waals surface area contributed by atoms with E-state index < -0.39 is 62.2 Å². The quantitative estimate of drug-likeness (QED) is 0.0173. The number of carbonyl (C=O) groups is 4. The fraction of sp³-hybridized carbons (Fsp3) is 0.531. The maximum absolute atomic E-state index is 14.0. The molecule has 2 saturated heterocycles. The van der Waals surface area contributed by atoms with Crippen molar-refractivity contribution in [2.75, 3.05) is 114 Å². The van der Waals surface area contributed by atoms with Crippen molar-refractivity contribution in [1.82, 2.24) is 0 Å². The van der Waals surface area contributed by atoms with Gasteiger partial charge in [0.15, 0.2) is 73.3 Å². The second kappa shape index (κ2) is 40.0. The first-order valence-corrected chi connectivity index (χ1v) is 38.3. The third-order valence-corrected chi connectivity index (χ3v) is 19.4. The molecular weight excluding hydrogens is 1420 g/mol. The van der Waals surface area contributed by atoms with Crippen LogP contribution in [0.25, 0.3) is 33.1 Å². The SMILES string of the molecule is CC1(C)OCC(COS(C)(=O)=O)O1.CCCC[N+](CCCC)(CCCC)CCCC.COCOc1cc2c(cc1OCOC)C(=O)C(c1coc3cc(C)c(C)c(C(=O)O)c3c1=O)=CC2.COCOc1cc2c(cc1OCOC)C(=O)C(c1coc3cc(C)c(C)c(C(=O)OCC4COC(C)(C)O4)c3c1=O)=CC2. The summed E-state index contributed by atoms with van der Waals surface area (Å²) in [4.78, 5) is 80.1. The molecule has 26 nitrogen and oxygen atoms in total. The highest BCUT2D eigenvalue weighted by atomic mass is 32.2. The Labute approximate surface area is 632 Å². The molecule has 0 bridgehead atoms. The molecule has 1 N–H and O–H groups in total. The number of carbonyl (C=O) groups excluding carboxylic acids is 3. The topological polar surface area (TPSA) is 312 Å². The number of carboxylic acid groups (broad SMARTS) is 1. The van der Waals surface area contributed by atoms with E-state index in [0.29, 0.717) is 69.9 Å². The largest absolute Gasteiger partial charge is 0.478 e. The van der Waals surface area contributed by atoms with E-state index in [1.807, 2.05) is 6.92 Å². The molecule has 0 spiro atoms. The summed E-state index contributed by atoms with van der Waals surface area (Å²) in [5.41, 5.74) is 4.05. The molecule has 2 aromatic heterocycles. The summed E-state index contributed by atoms with van der Waals surface area (Å²) in [6.45, 7) is 29.5. The number of quaternary nitrogens is 1. The van der Waals surface area contributed by atoms with Crippen molar-refractivity contribution in [2.45, 2.75) is 171 Å². The number of nitrogens with zero attached hydrogens (tertiary/aromatic N) is 1. The van der Waals surface area contributed by atoms with Crippen LogP contribution in [0.4, 0.5) is 0 Å². The van der Waals surface area contributed by atoms with Crippen molar-refractivity contribution in [3.8, 4) is 23.0 Å². The fourth-order valence-corrected chi connectivity index (χ4v) is 13.4. The van der Waals surface area contributed by atoms with Crippen LogP contribution in [0.3, 0.4) is 0 Å². The summed E-state index contributed by atoms with van der Waals surface area (Å²) < 4.78 is 109. The Balaban J connectivity index is 0.000000222. The molecule has 2 unspecified atom stereocenters. The van der Waals surface area contributed by atoms with Gasteiger partial charge in [-0.3, -0.25) is 23.4 Å². The molecular formula is C81H108NO25S+. The van der Waals surface area contributed by atoms with E-state index in [2.05, 4.69) is 31.9 Å². The first kappa shape index (κ1) is 87.0. The van der Waals surface area contributed by atoms with Crippen LogP contribution in [0, 0.1) is 27.7 Å². The van der Waals surface area contributed by atoms with Crippen LogP contribution in [-0.4, -0.2) is 180 Å². The molecule has 27 heteroatoms. The van der Waals surface area contributed by atoms with Crippen molar-refractivity contribution in [2.24, 2.45) is 0 Å². The number of hydrogen-bond acceptors (Lipinski definition) is 24. The van der Waals surface area contributed by atoms with E-state index in [1.54, 1.807) is 91.0 Å². The number of methoxy groups -OCH3 is 4. The Morgan fingerprint density at radius 2 is 0.889 bits per heavy atom. The number of benzene rings is 4. The Morgan fingerprint density at radius 3 is 1.23 bits per heavy atom. The molecule has 4 aromatic carbocycles. The zero-order chi connectivity index (χ0) is 79.3. The van der Waals surface area contributed by atoms with Crippen LogP contribution in [0.2, 0.25) is 0 Å². The van der Waals surface area contributed by atoms with E-state index in [1.165, 1.54) is 129 Å². The van der Waals surface area contributed by atoms with Gasteiger partial charge >= 0.3 is 11.9 Å². The van der Waals surface area contributed by atoms with E-state index in [4.69, 9.17) is 70.4 Å². The number of fused-ring (bicyclic) bond motifs is 4. The zero-order valence-corrected chi connectivity index (χ0v) is 66.4. The molecule has 10 rings (SSSR count). The summed E-state index contributed by atoms with van der Waals surface area (Å²) in [6, 6.07) is 9.79. The third-order valence-electron chi connectivity index (χ3n) is 18.8. The number of aryl methyl sites for hydroxylation is 2.